The molecule has 1 saturated heterocycles. The first kappa shape index (κ1) is 18.6. The zero-order chi connectivity index (χ0) is 17.2. The van der Waals surface area contributed by atoms with Crippen molar-refractivity contribution in [3.63, 3.8) is 0 Å². The lowest BCUT2D eigenvalue weighted by Gasteiger charge is -2.32. The van der Waals surface area contributed by atoms with E-state index in [1.54, 1.807) is 0 Å². The zero-order valence-electron chi connectivity index (χ0n) is 14.6. The number of likely N-dealkylation sites (tertiary alicyclic amines) is 1. The molecule has 4 rings (SSSR count). The number of nitrogens with zero attached hydrogens (tertiary/aromatic N) is 1. The van der Waals surface area contributed by atoms with Crippen LogP contribution in [0.4, 0.5) is 0 Å². The van der Waals surface area contributed by atoms with Gasteiger partial charge >= 0.3 is 0 Å². The molecule has 0 amide bonds. The minimum Gasteiger partial charge on any atom is -0.310 e. The third-order valence-corrected chi connectivity index (χ3v) is 5.22. The molecule has 134 valence electrons. The van der Waals surface area contributed by atoms with Gasteiger partial charge in [0.2, 0.25) is 0 Å². The van der Waals surface area contributed by atoms with Crippen LogP contribution < -0.4 is 5.73 Å². The molecule has 1 aliphatic carbocycles. The van der Waals surface area contributed by atoms with Crippen molar-refractivity contribution in [1.82, 2.24) is 4.90 Å². The second kappa shape index (κ2) is 8.00. The maximum Gasteiger partial charge on any atom is 0.151 e. The summed E-state index contributed by atoms with van der Waals surface area (Å²) in [5.74, 6) is 0. The summed E-state index contributed by atoms with van der Waals surface area (Å²) >= 11 is 0. The molecule has 1 unspecified atom stereocenters. The highest BCUT2D eigenvalue weighted by atomic mass is 35.5. The van der Waals surface area contributed by atoms with Crippen LogP contribution in [-0.4, -0.2) is 30.4 Å². The second-order valence-corrected chi connectivity index (χ2v) is 6.65. The Morgan fingerprint density at radius 3 is 1.88 bits per heavy atom. The van der Waals surface area contributed by atoms with Crippen molar-refractivity contribution in [1.29, 1.82) is 0 Å². The molecule has 2 aliphatic rings. The Labute approximate surface area is 160 Å². The molecule has 0 bridgehead atoms. The van der Waals surface area contributed by atoms with Gasteiger partial charge in [-0.05, 0) is 40.7 Å². The number of nitrogens with two attached hydrogens (primary N) is 1. The molecule has 3 nitrogen and oxygen atoms in total. The molecule has 26 heavy (non-hydrogen) atoms. The fraction of sp³-hybridized carbons (Fsp3) is 0.227. The van der Waals surface area contributed by atoms with E-state index in [1.165, 1.54) is 33.4 Å². The van der Waals surface area contributed by atoms with Gasteiger partial charge in [-0.1, -0.05) is 66.3 Å². The van der Waals surface area contributed by atoms with Crippen molar-refractivity contribution in [2.24, 2.45) is 5.73 Å². The van der Waals surface area contributed by atoms with Crippen LogP contribution in [0.5, 0.6) is 0 Å². The first-order valence-electron chi connectivity index (χ1n) is 8.82. The fourth-order valence-corrected chi connectivity index (χ4v) is 3.87. The average Bonchev–Trinajstić information content (AvgIpc) is 2.84. The number of carbonyl (C=O) groups is 1. The molecule has 0 spiro atoms. The van der Waals surface area contributed by atoms with Gasteiger partial charge in [0.1, 0.15) is 6.17 Å². The van der Waals surface area contributed by atoms with Gasteiger partial charge in [0.15, 0.2) is 6.29 Å². The summed E-state index contributed by atoms with van der Waals surface area (Å²) in [5, 5.41) is 0. The predicted octanol–water partition coefficient (Wildman–Crippen LogP) is 3.97. The van der Waals surface area contributed by atoms with E-state index in [0.29, 0.717) is 0 Å². The minimum absolute atomic E-state index is 0. The number of rotatable bonds is 2. The topological polar surface area (TPSA) is 46.3 Å². The smallest absolute Gasteiger partial charge is 0.151 e. The molecule has 2 N–H and O–H groups in total. The van der Waals surface area contributed by atoms with Gasteiger partial charge in [-0.3, -0.25) is 4.90 Å². The Morgan fingerprint density at radius 1 is 0.885 bits per heavy atom. The van der Waals surface area contributed by atoms with E-state index in [9.17, 15) is 4.79 Å². The second-order valence-electron chi connectivity index (χ2n) is 6.65. The average molecular weight is 367 g/mol. The van der Waals surface area contributed by atoms with Crippen molar-refractivity contribution in [3.8, 4) is 0 Å². The van der Waals surface area contributed by atoms with Gasteiger partial charge in [0.25, 0.3) is 0 Å². The lowest BCUT2D eigenvalue weighted by Crippen LogP contribution is -2.46. The fourth-order valence-electron chi connectivity index (χ4n) is 3.87. The Bertz CT molecular complexity index is 810. The number of hydrogen-bond donors (Lipinski definition) is 1. The van der Waals surface area contributed by atoms with Crippen LogP contribution in [0.2, 0.25) is 0 Å². The van der Waals surface area contributed by atoms with E-state index < -0.39 is 6.17 Å². The molecule has 0 aromatic heterocycles. The van der Waals surface area contributed by atoms with E-state index in [0.717, 1.165) is 32.2 Å². The Kier molecular flexibility index (Phi) is 5.72. The molecular weight excluding hydrogens is 344 g/mol. The Hall–Kier alpha value is -2.20. The van der Waals surface area contributed by atoms with Crippen LogP contribution in [0, 0.1) is 0 Å². The van der Waals surface area contributed by atoms with Crippen molar-refractivity contribution in [3.05, 3.63) is 76.4 Å². The molecule has 2 aromatic rings. The monoisotopic (exact) mass is 366 g/mol. The minimum atomic E-state index is -0.484. The standard InChI is InChI=1S/C22H22N2O.ClH/c23-21(15-25)24-13-11-18(12-14-24)22-19-7-3-1-5-16(19)9-10-17-6-2-4-8-20(17)22;/h1-10,15,21H,11-14,23H2;1H. The quantitative estimate of drug-likeness (QED) is 0.698. The molecule has 0 radical (unpaired) electrons. The van der Waals surface area contributed by atoms with Crippen molar-refractivity contribution >= 4 is 36.4 Å². The summed E-state index contributed by atoms with van der Waals surface area (Å²) in [7, 11) is 0. The predicted molar refractivity (Wildman–Crippen MR) is 110 cm³/mol. The Balaban J connectivity index is 0.00000196. The number of halogens is 1. The van der Waals surface area contributed by atoms with Gasteiger partial charge in [-0.15, -0.1) is 12.4 Å². The number of hydrogen-bond acceptors (Lipinski definition) is 3. The summed E-state index contributed by atoms with van der Waals surface area (Å²) < 4.78 is 0. The van der Waals surface area contributed by atoms with Crippen LogP contribution in [0.3, 0.4) is 0 Å². The SMILES string of the molecule is Cl.NC(C=O)N1CCC(=C2c3ccccc3C=Cc3ccccc32)CC1. The number of carbonyl (C=O) groups excluding carboxylic acids is 1. The maximum atomic E-state index is 11.0. The zero-order valence-corrected chi connectivity index (χ0v) is 15.4. The normalized spacial score (nSPS) is 17.6. The molecule has 1 atom stereocenters. The molecular formula is C22H23ClN2O. The highest BCUT2D eigenvalue weighted by Crippen LogP contribution is 2.38. The lowest BCUT2D eigenvalue weighted by atomic mass is 9.86. The van der Waals surface area contributed by atoms with Gasteiger partial charge in [0.05, 0.1) is 0 Å². The summed E-state index contributed by atoms with van der Waals surface area (Å²) in [5.41, 5.74) is 13.8. The van der Waals surface area contributed by atoms with Crippen molar-refractivity contribution in [2.45, 2.75) is 19.0 Å². The van der Waals surface area contributed by atoms with Crippen molar-refractivity contribution in [2.75, 3.05) is 13.1 Å². The van der Waals surface area contributed by atoms with E-state index in [1.807, 2.05) is 0 Å². The first-order valence-corrected chi connectivity index (χ1v) is 8.82. The largest absolute Gasteiger partial charge is 0.310 e. The Morgan fingerprint density at radius 2 is 1.38 bits per heavy atom. The van der Waals surface area contributed by atoms with Crippen LogP contribution in [0.15, 0.2) is 54.1 Å². The first-order chi connectivity index (χ1) is 12.3. The van der Waals surface area contributed by atoms with E-state index in [4.69, 9.17) is 5.73 Å². The summed E-state index contributed by atoms with van der Waals surface area (Å²) in [4.78, 5) is 13.0. The summed E-state index contributed by atoms with van der Waals surface area (Å²) in [6.45, 7) is 1.66. The van der Waals surface area contributed by atoms with E-state index in [-0.39, 0.29) is 12.4 Å². The number of benzene rings is 2. The molecule has 4 heteroatoms. The van der Waals surface area contributed by atoms with Gasteiger partial charge in [0, 0.05) is 13.1 Å². The van der Waals surface area contributed by atoms with Crippen LogP contribution in [0.1, 0.15) is 35.1 Å². The maximum absolute atomic E-state index is 11.0. The molecule has 1 heterocycles. The van der Waals surface area contributed by atoms with Gasteiger partial charge in [-0.25, -0.2) is 0 Å². The highest BCUT2D eigenvalue weighted by molar-refractivity contribution is 5.94. The third-order valence-electron chi connectivity index (χ3n) is 5.22. The summed E-state index contributed by atoms with van der Waals surface area (Å²) in [6.07, 6.45) is 6.65. The molecule has 1 fully saturated rings. The number of aldehydes is 1. The van der Waals surface area contributed by atoms with E-state index >= 15 is 0 Å². The highest BCUT2D eigenvalue weighted by Gasteiger charge is 2.24. The molecule has 2 aromatic carbocycles. The van der Waals surface area contributed by atoms with Crippen LogP contribution >= 0.6 is 12.4 Å². The number of piperidine rings is 1. The van der Waals surface area contributed by atoms with Crippen LogP contribution in [0.25, 0.3) is 17.7 Å². The number of fused-ring (bicyclic) bond motifs is 2. The lowest BCUT2D eigenvalue weighted by molar-refractivity contribution is -0.112. The van der Waals surface area contributed by atoms with Gasteiger partial charge in [-0.2, -0.15) is 0 Å². The van der Waals surface area contributed by atoms with Crippen molar-refractivity contribution < 1.29 is 4.79 Å². The van der Waals surface area contributed by atoms with E-state index in [2.05, 4.69) is 65.6 Å². The summed E-state index contributed by atoms with van der Waals surface area (Å²) in [6, 6.07) is 17.2. The van der Waals surface area contributed by atoms with Gasteiger partial charge < -0.3 is 10.5 Å². The third kappa shape index (κ3) is 3.38. The van der Waals surface area contributed by atoms with Crippen LogP contribution in [-0.2, 0) is 4.79 Å². The molecule has 0 saturated carbocycles. The molecule has 1 aliphatic heterocycles.